The summed E-state index contributed by atoms with van der Waals surface area (Å²) in [7, 11) is 0. The van der Waals surface area contributed by atoms with Crippen molar-refractivity contribution in [3.05, 3.63) is 59.4 Å². The van der Waals surface area contributed by atoms with Crippen molar-refractivity contribution in [2.24, 2.45) is 0 Å². The first-order valence-corrected chi connectivity index (χ1v) is 6.43. The summed E-state index contributed by atoms with van der Waals surface area (Å²) in [5, 5.41) is 0.840. The van der Waals surface area contributed by atoms with E-state index >= 15 is 0 Å². The highest BCUT2D eigenvalue weighted by molar-refractivity contribution is 7.18. The van der Waals surface area contributed by atoms with Crippen LogP contribution >= 0.6 is 11.3 Å². The number of fused-ring (bicyclic) bond motifs is 1. The van der Waals surface area contributed by atoms with Crippen LogP contribution in [-0.2, 0) is 6.42 Å². The number of Topliss-reactive ketones (excluding diaryl/α,β-unsaturated/α-hetero) is 1. The fourth-order valence-corrected chi connectivity index (χ4v) is 2.72. The molecule has 0 N–H and O–H groups in total. The van der Waals surface area contributed by atoms with Crippen molar-refractivity contribution < 1.29 is 4.79 Å². The first-order valence-electron chi connectivity index (χ1n) is 5.61. The summed E-state index contributed by atoms with van der Waals surface area (Å²) >= 11 is 1.56. The monoisotopic (exact) mass is 254 g/mol. The van der Waals surface area contributed by atoms with Crippen LogP contribution in [-0.4, -0.2) is 15.8 Å². The molecule has 3 nitrogen and oxygen atoms in total. The Hall–Kier alpha value is -2.07. The molecule has 0 amide bonds. The molecule has 0 fully saturated rings. The van der Waals surface area contributed by atoms with Crippen molar-refractivity contribution in [1.29, 1.82) is 0 Å². The molecule has 3 aromatic rings. The van der Waals surface area contributed by atoms with Gasteiger partial charge in [0.15, 0.2) is 5.78 Å². The van der Waals surface area contributed by atoms with E-state index in [1.807, 2.05) is 30.3 Å². The average molecular weight is 254 g/mol. The number of pyridine rings is 1. The van der Waals surface area contributed by atoms with Gasteiger partial charge in [-0.3, -0.25) is 9.78 Å². The molecule has 0 saturated carbocycles. The van der Waals surface area contributed by atoms with Crippen LogP contribution in [0.25, 0.3) is 10.2 Å². The highest BCUT2D eigenvalue weighted by atomic mass is 32.1. The van der Waals surface area contributed by atoms with Gasteiger partial charge in [0, 0.05) is 6.20 Å². The number of carbonyl (C=O) groups is 1. The molecule has 1 aromatic carbocycles. The normalized spacial score (nSPS) is 10.7. The number of hydrogen-bond acceptors (Lipinski definition) is 4. The number of benzene rings is 1. The zero-order valence-electron chi connectivity index (χ0n) is 9.54. The molecule has 3 rings (SSSR count). The molecule has 0 bridgehead atoms. The quantitative estimate of drug-likeness (QED) is 0.674. The van der Waals surface area contributed by atoms with Gasteiger partial charge in [-0.2, -0.15) is 0 Å². The van der Waals surface area contributed by atoms with E-state index in [9.17, 15) is 4.79 Å². The van der Waals surface area contributed by atoms with Gasteiger partial charge in [-0.25, -0.2) is 4.98 Å². The molecular formula is C14H10N2OS. The van der Waals surface area contributed by atoms with Crippen LogP contribution in [0.5, 0.6) is 0 Å². The highest BCUT2D eigenvalue weighted by Gasteiger charge is 2.11. The lowest BCUT2D eigenvalue weighted by molar-refractivity contribution is 0.0988. The van der Waals surface area contributed by atoms with Crippen molar-refractivity contribution in [3.8, 4) is 0 Å². The maximum absolute atomic E-state index is 12.0. The van der Waals surface area contributed by atoms with Crippen LogP contribution < -0.4 is 0 Å². The summed E-state index contributed by atoms with van der Waals surface area (Å²) in [6.45, 7) is 0. The van der Waals surface area contributed by atoms with Crippen molar-refractivity contribution in [2.45, 2.75) is 6.42 Å². The van der Waals surface area contributed by atoms with Crippen molar-refractivity contribution >= 4 is 27.3 Å². The number of nitrogens with zero attached hydrogens (tertiary/aromatic N) is 2. The largest absolute Gasteiger partial charge is 0.292 e. The van der Waals surface area contributed by atoms with Crippen LogP contribution in [0.4, 0.5) is 0 Å². The molecule has 0 radical (unpaired) electrons. The lowest BCUT2D eigenvalue weighted by Crippen LogP contribution is -2.04. The van der Waals surface area contributed by atoms with E-state index in [1.165, 1.54) is 0 Å². The highest BCUT2D eigenvalue weighted by Crippen LogP contribution is 2.22. The fraction of sp³-hybridized carbons (Fsp3) is 0.0714. The number of carbonyl (C=O) groups excluding carboxylic acids is 1. The zero-order valence-corrected chi connectivity index (χ0v) is 10.4. The summed E-state index contributed by atoms with van der Waals surface area (Å²) in [5.74, 6) is 0.00894. The standard InChI is InChI=1S/C14H10N2OS/c17-12(10-5-3-4-8-15-10)9-14-16-11-6-1-2-7-13(11)18-14/h1-8H,9H2. The molecule has 0 aliphatic carbocycles. The van der Waals surface area contributed by atoms with Gasteiger partial charge in [-0.15, -0.1) is 11.3 Å². The van der Waals surface area contributed by atoms with E-state index in [0.717, 1.165) is 15.2 Å². The van der Waals surface area contributed by atoms with Gasteiger partial charge in [-0.05, 0) is 24.3 Å². The first kappa shape index (κ1) is 11.0. The molecule has 88 valence electrons. The number of ketones is 1. The third kappa shape index (κ3) is 2.15. The third-order valence-electron chi connectivity index (χ3n) is 2.60. The second-order valence-corrected chi connectivity index (χ2v) is 5.01. The second kappa shape index (κ2) is 4.66. The Kier molecular flexibility index (Phi) is 2.86. The van der Waals surface area contributed by atoms with Crippen molar-refractivity contribution in [1.82, 2.24) is 9.97 Å². The predicted octanol–water partition coefficient (Wildman–Crippen LogP) is 3.12. The summed E-state index contributed by atoms with van der Waals surface area (Å²) in [6, 6.07) is 13.3. The molecule has 0 unspecified atom stereocenters. The van der Waals surface area contributed by atoms with Gasteiger partial charge >= 0.3 is 0 Å². The lowest BCUT2D eigenvalue weighted by atomic mass is 10.2. The summed E-state index contributed by atoms with van der Waals surface area (Å²) in [5.41, 5.74) is 1.45. The van der Waals surface area contributed by atoms with Crippen LogP contribution in [0.15, 0.2) is 48.7 Å². The molecule has 2 heterocycles. The van der Waals surface area contributed by atoms with E-state index < -0.39 is 0 Å². The van der Waals surface area contributed by atoms with Gasteiger partial charge in [0.2, 0.25) is 0 Å². The topological polar surface area (TPSA) is 42.9 Å². The Morgan fingerprint density at radius 2 is 1.94 bits per heavy atom. The van der Waals surface area contributed by atoms with E-state index in [2.05, 4.69) is 9.97 Å². The molecule has 2 aromatic heterocycles. The third-order valence-corrected chi connectivity index (χ3v) is 3.64. The molecule has 0 spiro atoms. The van der Waals surface area contributed by atoms with E-state index in [-0.39, 0.29) is 5.78 Å². The van der Waals surface area contributed by atoms with E-state index in [1.54, 1.807) is 29.7 Å². The Morgan fingerprint density at radius 1 is 1.11 bits per heavy atom. The van der Waals surface area contributed by atoms with Crippen molar-refractivity contribution in [2.75, 3.05) is 0 Å². The number of para-hydroxylation sites is 1. The number of rotatable bonds is 3. The maximum Gasteiger partial charge on any atom is 0.187 e. The number of hydrogen-bond donors (Lipinski definition) is 0. The smallest absolute Gasteiger partial charge is 0.187 e. The SMILES string of the molecule is O=C(Cc1nc2ccccc2s1)c1ccccn1. The van der Waals surface area contributed by atoms with Crippen molar-refractivity contribution in [3.63, 3.8) is 0 Å². The van der Waals surface area contributed by atoms with Gasteiger partial charge < -0.3 is 0 Å². The number of thiazole rings is 1. The molecule has 18 heavy (non-hydrogen) atoms. The molecule has 0 atom stereocenters. The van der Waals surface area contributed by atoms with Gasteiger partial charge in [0.25, 0.3) is 0 Å². The minimum atomic E-state index is 0.00894. The molecular weight excluding hydrogens is 244 g/mol. The minimum absolute atomic E-state index is 0.00894. The van der Waals surface area contributed by atoms with Gasteiger partial charge in [0.05, 0.1) is 16.6 Å². The van der Waals surface area contributed by atoms with Gasteiger partial charge in [-0.1, -0.05) is 18.2 Å². The summed E-state index contributed by atoms with van der Waals surface area (Å²) in [4.78, 5) is 20.5. The first-order chi connectivity index (χ1) is 8.83. The van der Waals surface area contributed by atoms with E-state index in [4.69, 9.17) is 0 Å². The Morgan fingerprint density at radius 3 is 2.72 bits per heavy atom. The molecule has 0 saturated heterocycles. The fourth-order valence-electron chi connectivity index (χ4n) is 1.75. The van der Waals surface area contributed by atoms with Gasteiger partial charge in [0.1, 0.15) is 10.7 Å². The molecule has 0 aliphatic heterocycles. The Balaban J connectivity index is 1.86. The number of aromatic nitrogens is 2. The summed E-state index contributed by atoms with van der Waals surface area (Å²) in [6.07, 6.45) is 1.95. The second-order valence-electron chi connectivity index (χ2n) is 3.89. The van der Waals surface area contributed by atoms with Crippen LogP contribution in [0.1, 0.15) is 15.5 Å². The van der Waals surface area contributed by atoms with E-state index in [0.29, 0.717) is 12.1 Å². The molecule has 4 heteroatoms. The summed E-state index contributed by atoms with van der Waals surface area (Å²) < 4.78 is 1.11. The minimum Gasteiger partial charge on any atom is -0.292 e. The Bertz CT molecular complexity index is 658. The average Bonchev–Trinajstić information content (AvgIpc) is 2.82. The maximum atomic E-state index is 12.0. The van der Waals surface area contributed by atoms with Crippen LogP contribution in [0.3, 0.4) is 0 Å². The zero-order chi connectivity index (χ0) is 12.4. The Labute approximate surface area is 108 Å². The van der Waals surface area contributed by atoms with Crippen LogP contribution in [0.2, 0.25) is 0 Å². The van der Waals surface area contributed by atoms with Crippen LogP contribution in [0, 0.1) is 0 Å². The lowest BCUT2D eigenvalue weighted by Gasteiger charge is -1.96. The predicted molar refractivity (Wildman–Crippen MR) is 71.9 cm³/mol. The molecule has 0 aliphatic rings.